The maximum atomic E-state index is 11.1. The zero-order valence-electron chi connectivity index (χ0n) is 10.9. The summed E-state index contributed by atoms with van der Waals surface area (Å²) in [6, 6.07) is 0. The van der Waals surface area contributed by atoms with Crippen LogP contribution in [0.4, 0.5) is 0 Å². The number of carbonyl (C=O) groups is 2. The number of ether oxygens (including phenoxy) is 1. The minimum atomic E-state index is 0.00681. The summed E-state index contributed by atoms with van der Waals surface area (Å²) in [6.07, 6.45) is 0.877. The van der Waals surface area contributed by atoms with Crippen LogP contribution in [0, 0.1) is 0 Å². The average Bonchev–Trinajstić information content (AvgIpc) is 2.36. The van der Waals surface area contributed by atoms with Gasteiger partial charge < -0.3 is 20.3 Å². The van der Waals surface area contributed by atoms with Crippen molar-refractivity contribution in [2.45, 2.75) is 12.8 Å². The summed E-state index contributed by atoms with van der Waals surface area (Å²) in [4.78, 5) is 24.3. The van der Waals surface area contributed by atoms with Crippen molar-refractivity contribution in [2.75, 3.05) is 47.4 Å². The van der Waals surface area contributed by atoms with Gasteiger partial charge in [0.25, 0.3) is 0 Å². The summed E-state index contributed by atoms with van der Waals surface area (Å²) >= 11 is 0. The van der Waals surface area contributed by atoms with Crippen molar-refractivity contribution in [3.05, 3.63) is 0 Å². The molecule has 2 N–H and O–H groups in total. The molecule has 6 heteroatoms. The quantitative estimate of drug-likeness (QED) is 0.558. The van der Waals surface area contributed by atoms with Gasteiger partial charge in [-0.1, -0.05) is 0 Å². The van der Waals surface area contributed by atoms with Crippen LogP contribution in [0.15, 0.2) is 0 Å². The number of amides is 2. The highest BCUT2D eigenvalue weighted by atomic mass is 16.5. The van der Waals surface area contributed by atoms with Crippen LogP contribution >= 0.6 is 0 Å². The van der Waals surface area contributed by atoms with Gasteiger partial charge in [-0.05, 0) is 0 Å². The Labute approximate surface area is 103 Å². The topological polar surface area (TPSA) is 70.7 Å². The summed E-state index contributed by atoms with van der Waals surface area (Å²) < 4.78 is 5.00. The lowest BCUT2D eigenvalue weighted by Crippen LogP contribution is -2.34. The molecule has 0 heterocycles. The SMILES string of the molecule is CNC(=O)CCN(CCOC)CCC(=O)NC. The van der Waals surface area contributed by atoms with Crippen molar-refractivity contribution in [1.82, 2.24) is 15.5 Å². The molecule has 0 aliphatic carbocycles. The molecule has 0 radical (unpaired) electrons. The molecule has 0 rings (SSSR count). The van der Waals surface area contributed by atoms with E-state index >= 15 is 0 Å². The predicted octanol–water partition coefficient (Wildman–Crippen LogP) is -0.793. The first-order chi connectivity index (χ1) is 8.13. The van der Waals surface area contributed by atoms with E-state index < -0.39 is 0 Å². The van der Waals surface area contributed by atoms with Crippen LogP contribution in [0.3, 0.4) is 0 Å². The van der Waals surface area contributed by atoms with Crippen molar-refractivity contribution < 1.29 is 14.3 Å². The summed E-state index contributed by atoms with van der Waals surface area (Å²) in [5, 5.41) is 5.15. The third-order valence-electron chi connectivity index (χ3n) is 2.48. The molecule has 0 aromatic rings. The number of nitrogens with one attached hydrogen (secondary N) is 2. The molecule has 0 spiro atoms. The fourth-order valence-corrected chi connectivity index (χ4v) is 1.33. The van der Waals surface area contributed by atoms with Gasteiger partial charge in [-0.2, -0.15) is 0 Å². The van der Waals surface area contributed by atoms with Crippen LogP contribution in [0.2, 0.25) is 0 Å². The van der Waals surface area contributed by atoms with E-state index in [4.69, 9.17) is 4.74 Å². The van der Waals surface area contributed by atoms with Crippen molar-refractivity contribution >= 4 is 11.8 Å². The number of carbonyl (C=O) groups excluding carboxylic acids is 2. The normalized spacial score (nSPS) is 10.4. The second-order valence-electron chi connectivity index (χ2n) is 3.68. The average molecular weight is 245 g/mol. The number of hydrogen-bond donors (Lipinski definition) is 2. The van der Waals surface area contributed by atoms with Gasteiger partial charge in [0.05, 0.1) is 6.61 Å². The molecule has 0 saturated carbocycles. The van der Waals surface area contributed by atoms with Crippen molar-refractivity contribution in [2.24, 2.45) is 0 Å². The fraction of sp³-hybridized carbons (Fsp3) is 0.818. The van der Waals surface area contributed by atoms with Crippen LogP contribution in [-0.2, 0) is 14.3 Å². The smallest absolute Gasteiger partial charge is 0.221 e. The van der Waals surface area contributed by atoms with Crippen molar-refractivity contribution in [3.63, 3.8) is 0 Å². The molecule has 2 amide bonds. The Morgan fingerprint density at radius 3 is 1.82 bits per heavy atom. The maximum absolute atomic E-state index is 11.1. The lowest BCUT2D eigenvalue weighted by atomic mass is 10.3. The second-order valence-corrected chi connectivity index (χ2v) is 3.68. The van der Waals surface area contributed by atoms with E-state index in [-0.39, 0.29) is 11.8 Å². The van der Waals surface area contributed by atoms with Gasteiger partial charge in [0.15, 0.2) is 0 Å². The third-order valence-corrected chi connectivity index (χ3v) is 2.48. The molecule has 0 saturated heterocycles. The predicted molar refractivity (Wildman–Crippen MR) is 65.7 cm³/mol. The van der Waals surface area contributed by atoms with Crippen LogP contribution in [-0.4, -0.2) is 64.2 Å². The number of rotatable bonds is 9. The van der Waals surface area contributed by atoms with Crippen molar-refractivity contribution in [1.29, 1.82) is 0 Å². The molecule has 0 atom stereocenters. The molecule has 0 fully saturated rings. The largest absolute Gasteiger partial charge is 0.383 e. The molecule has 0 unspecified atom stereocenters. The summed E-state index contributed by atoms with van der Waals surface area (Å²) in [5.41, 5.74) is 0. The Morgan fingerprint density at radius 1 is 1.00 bits per heavy atom. The molecular formula is C11H23N3O3. The highest BCUT2D eigenvalue weighted by Crippen LogP contribution is 1.95. The number of methoxy groups -OCH3 is 1. The first-order valence-electron chi connectivity index (χ1n) is 5.76. The Balaban J connectivity index is 3.95. The standard InChI is InChI=1S/C11H23N3O3/c1-12-10(15)4-6-14(8-9-17-3)7-5-11(16)13-2/h4-9H2,1-3H3,(H,12,15)(H,13,16). The Kier molecular flexibility index (Phi) is 9.37. The molecule has 0 aliphatic heterocycles. The third kappa shape index (κ3) is 8.65. The van der Waals surface area contributed by atoms with Gasteiger partial charge in [-0.15, -0.1) is 0 Å². The van der Waals surface area contributed by atoms with E-state index in [1.54, 1.807) is 21.2 Å². The minimum Gasteiger partial charge on any atom is -0.383 e. The summed E-state index contributed by atoms with van der Waals surface area (Å²) in [7, 11) is 4.87. The van der Waals surface area contributed by atoms with Gasteiger partial charge in [-0.3, -0.25) is 9.59 Å². The second kappa shape index (κ2) is 10.0. The van der Waals surface area contributed by atoms with Gasteiger partial charge in [-0.25, -0.2) is 0 Å². The Bertz CT molecular complexity index is 214. The van der Waals surface area contributed by atoms with Crippen LogP contribution in [0.5, 0.6) is 0 Å². The van der Waals surface area contributed by atoms with Crippen LogP contribution < -0.4 is 10.6 Å². The number of hydrogen-bond acceptors (Lipinski definition) is 4. The molecule has 0 aliphatic rings. The summed E-state index contributed by atoms with van der Waals surface area (Å²) in [5.74, 6) is 0.0136. The molecule has 6 nitrogen and oxygen atoms in total. The highest BCUT2D eigenvalue weighted by Gasteiger charge is 2.09. The van der Waals surface area contributed by atoms with Gasteiger partial charge >= 0.3 is 0 Å². The summed E-state index contributed by atoms with van der Waals surface area (Å²) in [6.45, 7) is 2.60. The zero-order chi connectivity index (χ0) is 13.1. The fourth-order valence-electron chi connectivity index (χ4n) is 1.33. The first-order valence-corrected chi connectivity index (χ1v) is 5.76. The van der Waals surface area contributed by atoms with Crippen LogP contribution in [0.1, 0.15) is 12.8 Å². The number of nitrogens with zero attached hydrogens (tertiary/aromatic N) is 1. The first kappa shape index (κ1) is 15.9. The van der Waals surface area contributed by atoms with Crippen molar-refractivity contribution in [3.8, 4) is 0 Å². The molecular weight excluding hydrogens is 222 g/mol. The molecule has 0 aromatic carbocycles. The van der Waals surface area contributed by atoms with E-state index in [2.05, 4.69) is 10.6 Å². The Morgan fingerprint density at radius 2 is 1.47 bits per heavy atom. The molecule has 0 bridgehead atoms. The van der Waals surface area contributed by atoms with E-state index in [1.807, 2.05) is 4.90 Å². The lowest BCUT2D eigenvalue weighted by molar-refractivity contribution is -0.121. The molecule has 100 valence electrons. The van der Waals surface area contributed by atoms with E-state index in [9.17, 15) is 9.59 Å². The van der Waals surface area contributed by atoms with E-state index in [0.29, 0.717) is 32.5 Å². The van der Waals surface area contributed by atoms with Gasteiger partial charge in [0, 0.05) is 53.7 Å². The van der Waals surface area contributed by atoms with E-state index in [0.717, 1.165) is 6.54 Å². The monoisotopic (exact) mass is 245 g/mol. The molecule has 17 heavy (non-hydrogen) atoms. The van der Waals surface area contributed by atoms with Gasteiger partial charge in [0.1, 0.15) is 0 Å². The zero-order valence-corrected chi connectivity index (χ0v) is 10.9. The maximum Gasteiger partial charge on any atom is 0.221 e. The lowest BCUT2D eigenvalue weighted by Gasteiger charge is -2.21. The molecule has 0 aromatic heterocycles. The van der Waals surface area contributed by atoms with Crippen LogP contribution in [0.25, 0.3) is 0 Å². The Hall–Kier alpha value is -1.14. The van der Waals surface area contributed by atoms with Gasteiger partial charge in [0.2, 0.25) is 11.8 Å². The highest BCUT2D eigenvalue weighted by molar-refractivity contribution is 5.76. The van der Waals surface area contributed by atoms with E-state index in [1.165, 1.54) is 0 Å². The minimum absolute atomic E-state index is 0.00681.